The molecular formula is C32H50N2. The molecule has 2 heteroatoms. The molecule has 2 rings (SSSR count). The van der Waals surface area contributed by atoms with Crippen molar-refractivity contribution in [3.05, 3.63) is 101 Å². The summed E-state index contributed by atoms with van der Waals surface area (Å²) in [6.07, 6.45) is 20.1. The molecule has 0 saturated heterocycles. The first-order valence-electron chi connectivity index (χ1n) is 12.9. The Bertz CT molecular complexity index is 903. The van der Waals surface area contributed by atoms with Gasteiger partial charge in [-0.05, 0) is 86.9 Å². The molecule has 0 bridgehead atoms. The van der Waals surface area contributed by atoms with Crippen molar-refractivity contribution < 1.29 is 0 Å². The van der Waals surface area contributed by atoms with Crippen molar-refractivity contribution in [3.63, 3.8) is 0 Å². The number of nitrogen functional groups attached to an aromatic ring is 1. The van der Waals surface area contributed by atoms with Gasteiger partial charge in [-0.15, -0.1) is 0 Å². The van der Waals surface area contributed by atoms with Crippen molar-refractivity contribution in [3.8, 4) is 0 Å². The zero-order valence-electron chi connectivity index (χ0n) is 23.6. The van der Waals surface area contributed by atoms with Gasteiger partial charge in [0.1, 0.15) is 5.82 Å². The third-order valence-corrected chi connectivity index (χ3v) is 4.88. The largest absolute Gasteiger partial charge is 0.384 e. The van der Waals surface area contributed by atoms with Crippen LogP contribution >= 0.6 is 0 Å². The molecule has 0 saturated carbocycles. The number of nitrogens with zero attached hydrogens (tertiary/aromatic N) is 1. The molecule has 0 unspecified atom stereocenters. The number of anilines is 1. The normalized spacial score (nSPS) is 13.5. The fourth-order valence-corrected chi connectivity index (χ4v) is 3.35. The van der Waals surface area contributed by atoms with E-state index in [0.29, 0.717) is 5.82 Å². The fraction of sp³-hybridized carbons (Fsp3) is 0.406. The zero-order valence-corrected chi connectivity index (χ0v) is 23.6. The van der Waals surface area contributed by atoms with Crippen molar-refractivity contribution in [1.82, 2.24) is 4.98 Å². The number of hydrogen-bond donors (Lipinski definition) is 1. The number of aryl methyl sites for hydroxylation is 1. The quantitative estimate of drug-likeness (QED) is 0.390. The second kappa shape index (κ2) is 20.7. The van der Waals surface area contributed by atoms with Crippen LogP contribution in [0.5, 0.6) is 0 Å². The van der Waals surface area contributed by atoms with Crippen molar-refractivity contribution in [2.75, 3.05) is 5.73 Å². The van der Waals surface area contributed by atoms with E-state index in [9.17, 15) is 0 Å². The summed E-state index contributed by atoms with van der Waals surface area (Å²) in [6, 6.07) is 3.95. The molecule has 188 valence electrons. The molecule has 0 amide bonds. The Hall–Kier alpha value is -2.87. The standard InChI is InChI=1S/C26H32N2.3C2H6/c1-6-9-21(7-2)17-22(8-3)11-10-19(4)16-23-12-13-24(18-23)25-14-15-26(27)28-20(25)5;3*1-2/h6-12,14-15,18H,3,13,16-17H2,1-2,4-5H3,(H2,27,28);3*1-2H3/b9-6-,19-10+,21-7+,22-11+;;;. The molecule has 1 aromatic rings. The Morgan fingerprint density at radius 3 is 2.21 bits per heavy atom. The lowest BCUT2D eigenvalue weighted by Crippen LogP contribution is -1.96. The average Bonchev–Trinajstić information content (AvgIpc) is 3.32. The van der Waals surface area contributed by atoms with E-state index in [1.807, 2.05) is 67.5 Å². The van der Waals surface area contributed by atoms with E-state index < -0.39 is 0 Å². The first kappa shape index (κ1) is 33.3. The molecule has 0 fully saturated rings. The predicted octanol–water partition coefficient (Wildman–Crippen LogP) is 10.1. The van der Waals surface area contributed by atoms with Crippen molar-refractivity contribution in [2.24, 2.45) is 0 Å². The van der Waals surface area contributed by atoms with Gasteiger partial charge < -0.3 is 5.73 Å². The summed E-state index contributed by atoms with van der Waals surface area (Å²) >= 11 is 0. The summed E-state index contributed by atoms with van der Waals surface area (Å²) in [4.78, 5) is 4.38. The van der Waals surface area contributed by atoms with E-state index >= 15 is 0 Å². The maximum Gasteiger partial charge on any atom is 0.123 e. The lowest BCUT2D eigenvalue weighted by Gasteiger charge is -2.06. The van der Waals surface area contributed by atoms with Gasteiger partial charge in [0.05, 0.1) is 0 Å². The third kappa shape index (κ3) is 12.4. The van der Waals surface area contributed by atoms with Gasteiger partial charge in [-0.3, -0.25) is 0 Å². The van der Waals surface area contributed by atoms with E-state index in [4.69, 9.17) is 5.73 Å². The summed E-state index contributed by atoms with van der Waals surface area (Å²) in [7, 11) is 0. The maximum absolute atomic E-state index is 5.77. The molecule has 0 spiro atoms. The summed E-state index contributed by atoms with van der Waals surface area (Å²) in [5.74, 6) is 0.576. The Labute approximate surface area is 211 Å². The van der Waals surface area contributed by atoms with Crippen LogP contribution in [0.1, 0.15) is 92.8 Å². The molecular weight excluding hydrogens is 412 g/mol. The van der Waals surface area contributed by atoms with Crippen molar-refractivity contribution in [1.29, 1.82) is 0 Å². The maximum atomic E-state index is 5.77. The average molecular weight is 463 g/mol. The molecule has 2 nitrogen and oxygen atoms in total. The number of nitrogens with two attached hydrogens (primary N) is 1. The summed E-state index contributed by atoms with van der Waals surface area (Å²) < 4.78 is 0. The van der Waals surface area contributed by atoms with E-state index in [1.165, 1.54) is 33.4 Å². The molecule has 1 aromatic heterocycles. The van der Waals surface area contributed by atoms with Gasteiger partial charge in [-0.2, -0.15) is 0 Å². The second-order valence-electron chi connectivity index (χ2n) is 7.20. The van der Waals surface area contributed by atoms with Gasteiger partial charge in [0.25, 0.3) is 0 Å². The van der Waals surface area contributed by atoms with Gasteiger partial charge in [0, 0.05) is 5.69 Å². The Balaban J connectivity index is 0. The van der Waals surface area contributed by atoms with Crippen molar-refractivity contribution >= 4 is 11.4 Å². The van der Waals surface area contributed by atoms with Crippen LogP contribution in [-0.4, -0.2) is 4.98 Å². The predicted molar refractivity (Wildman–Crippen MR) is 158 cm³/mol. The lowest BCUT2D eigenvalue weighted by atomic mass is 10.0. The highest BCUT2D eigenvalue weighted by Crippen LogP contribution is 2.31. The topological polar surface area (TPSA) is 38.9 Å². The van der Waals surface area contributed by atoms with Gasteiger partial charge in [-0.1, -0.05) is 102 Å². The molecule has 1 aliphatic carbocycles. The minimum atomic E-state index is 0.576. The van der Waals surface area contributed by atoms with E-state index in [1.54, 1.807) is 0 Å². The number of rotatable bonds is 8. The van der Waals surface area contributed by atoms with Crippen LogP contribution in [0.15, 0.2) is 89.6 Å². The van der Waals surface area contributed by atoms with Crippen LogP contribution in [0.2, 0.25) is 0 Å². The smallest absolute Gasteiger partial charge is 0.123 e. The Kier molecular flexibility index (Phi) is 20.3. The molecule has 0 atom stereocenters. The first-order chi connectivity index (χ1) is 16.5. The molecule has 1 aliphatic rings. The number of aromatic nitrogens is 1. The molecule has 0 aliphatic heterocycles. The monoisotopic (exact) mass is 462 g/mol. The Morgan fingerprint density at radius 1 is 1.03 bits per heavy atom. The second-order valence-corrected chi connectivity index (χ2v) is 7.20. The lowest BCUT2D eigenvalue weighted by molar-refractivity contribution is 1.14. The van der Waals surface area contributed by atoms with E-state index in [0.717, 1.165) is 25.0 Å². The number of allylic oxidation sites excluding steroid dienone is 13. The van der Waals surface area contributed by atoms with E-state index in [-0.39, 0.29) is 0 Å². The van der Waals surface area contributed by atoms with Crippen LogP contribution in [0.4, 0.5) is 5.82 Å². The van der Waals surface area contributed by atoms with Gasteiger partial charge in [-0.25, -0.2) is 4.98 Å². The Morgan fingerprint density at radius 2 is 1.68 bits per heavy atom. The van der Waals surface area contributed by atoms with Gasteiger partial charge in [0.15, 0.2) is 0 Å². The molecule has 0 aromatic carbocycles. The minimum absolute atomic E-state index is 0.576. The first-order valence-corrected chi connectivity index (χ1v) is 12.9. The van der Waals surface area contributed by atoms with Gasteiger partial charge >= 0.3 is 0 Å². The highest BCUT2D eigenvalue weighted by atomic mass is 14.8. The molecule has 34 heavy (non-hydrogen) atoms. The summed E-state index contributed by atoms with van der Waals surface area (Å²) in [5, 5.41) is 0. The minimum Gasteiger partial charge on any atom is -0.384 e. The highest BCUT2D eigenvalue weighted by molar-refractivity contribution is 5.74. The zero-order chi connectivity index (χ0) is 26.5. The number of pyridine rings is 1. The molecule has 2 N–H and O–H groups in total. The fourth-order valence-electron chi connectivity index (χ4n) is 3.35. The van der Waals surface area contributed by atoms with Crippen LogP contribution in [0, 0.1) is 6.92 Å². The number of hydrogen-bond acceptors (Lipinski definition) is 2. The molecule has 0 radical (unpaired) electrons. The third-order valence-electron chi connectivity index (χ3n) is 4.88. The SMILES string of the molecule is C=C/C(=C\C=C(/C)CC1=CCC(c2ccc(N)nc2C)=C1)CC(/C=C\C)=C/C.CC.CC.CC. The van der Waals surface area contributed by atoms with E-state index in [2.05, 4.69) is 74.0 Å². The van der Waals surface area contributed by atoms with Crippen LogP contribution < -0.4 is 5.73 Å². The van der Waals surface area contributed by atoms with Crippen LogP contribution in [0.3, 0.4) is 0 Å². The van der Waals surface area contributed by atoms with Crippen LogP contribution in [0.25, 0.3) is 5.57 Å². The van der Waals surface area contributed by atoms with Crippen LogP contribution in [-0.2, 0) is 0 Å². The summed E-state index contributed by atoms with van der Waals surface area (Å²) in [5.41, 5.74) is 14.5. The highest BCUT2D eigenvalue weighted by Gasteiger charge is 2.12. The molecule has 1 heterocycles. The summed E-state index contributed by atoms with van der Waals surface area (Å²) in [6.45, 7) is 24.3. The van der Waals surface area contributed by atoms with Gasteiger partial charge in [0.2, 0.25) is 0 Å². The van der Waals surface area contributed by atoms with Crippen molar-refractivity contribution in [2.45, 2.75) is 88.5 Å².